The highest BCUT2D eigenvalue weighted by molar-refractivity contribution is 5.89. The first kappa shape index (κ1) is 13.7. The smallest absolute Gasteiger partial charge is 0.319 e. The zero-order valence-corrected chi connectivity index (χ0v) is 11.5. The zero-order valence-electron chi connectivity index (χ0n) is 11.5. The van der Waals surface area contributed by atoms with Gasteiger partial charge in [-0.05, 0) is 38.1 Å². The van der Waals surface area contributed by atoms with E-state index in [0.717, 1.165) is 37.5 Å². The molecule has 104 valence electrons. The molecule has 0 aliphatic carbocycles. The van der Waals surface area contributed by atoms with Crippen molar-refractivity contribution in [2.24, 2.45) is 5.92 Å². The van der Waals surface area contributed by atoms with Gasteiger partial charge in [-0.3, -0.25) is 0 Å². The Balaban J connectivity index is 1.77. The Morgan fingerprint density at radius 3 is 3.05 bits per heavy atom. The molecule has 5 heteroatoms. The van der Waals surface area contributed by atoms with Crippen LogP contribution in [0.3, 0.4) is 0 Å². The van der Waals surface area contributed by atoms with E-state index >= 15 is 0 Å². The summed E-state index contributed by atoms with van der Waals surface area (Å²) in [5.74, 6) is 1.29. The molecule has 1 heterocycles. The number of carbonyl (C=O) groups excluding carboxylic acids is 1. The maximum Gasteiger partial charge on any atom is 0.319 e. The number of anilines is 1. The summed E-state index contributed by atoms with van der Waals surface area (Å²) in [4.78, 5) is 14.1. The maximum absolute atomic E-state index is 11.8. The number of nitrogens with zero attached hydrogens (tertiary/aromatic N) is 1. The quantitative estimate of drug-likeness (QED) is 0.870. The molecule has 0 unspecified atom stereocenters. The van der Waals surface area contributed by atoms with Gasteiger partial charge in [0.05, 0.1) is 7.11 Å². The monoisotopic (exact) mass is 263 g/mol. The minimum atomic E-state index is -0.164. The van der Waals surface area contributed by atoms with Crippen molar-refractivity contribution in [1.29, 1.82) is 0 Å². The van der Waals surface area contributed by atoms with E-state index in [9.17, 15) is 4.79 Å². The Labute approximate surface area is 113 Å². The Morgan fingerprint density at radius 2 is 2.37 bits per heavy atom. The topological polar surface area (TPSA) is 53.6 Å². The summed E-state index contributed by atoms with van der Waals surface area (Å²) in [6.07, 6.45) is 1.15. The van der Waals surface area contributed by atoms with E-state index in [1.54, 1.807) is 13.2 Å². The molecule has 2 rings (SSSR count). The van der Waals surface area contributed by atoms with Gasteiger partial charge in [0.2, 0.25) is 0 Å². The largest absolute Gasteiger partial charge is 0.497 e. The minimum Gasteiger partial charge on any atom is -0.497 e. The van der Waals surface area contributed by atoms with Crippen molar-refractivity contribution in [1.82, 2.24) is 10.2 Å². The SMILES string of the molecule is COc1cccc(NC(=O)NC[C@@H]2CCN(C)C2)c1. The lowest BCUT2D eigenvalue weighted by Gasteiger charge is -2.12. The average Bonchev–Trinajstić information content (AvgIpc) is 2.82. The van der Waals surface area contributed by atoms with Crippen molar-refractivity contribution in [2.45, 2.75) is 6.42 Å². The van der Waals surface area contributed by atoms with Crippen LogP contribution in [0.2, 0.25) is 0 Å². The number of hydrogen-bond donors (Lipinski definition) is 2. The van der Waals surface area contributed by atoms with Crippen LogP contribution in [0.1, 0.15) is 6.42 Å². The molecule has 1 aliphatic heterocycles. The summed E-state index contributed by atoms with van der Waals surface area (Å²) in [5.41, 5.74) is 0.736. The molecule has 1 aromatic carbocycles. The number of benzene rings is 1. The molecule has 1 aromatic rings. The fourth-order valence-electron chi connectivity index (χ4n) is 2.31. The van der Waals surface area contributed by atoms with Crippen LogP contribution in [-0.2, 0) is 0 Å². The average molecular weight is 263 g/mol. The number of likely N-dealkylation sites (tertiary alicyclic amines) is 1. The number of urea groups is 1. The van der Waals surface area contributed by atoms with Crippen LogP contribution in [-0.4, -0.2) is 44.7 Å². The molecule has 1 saturated heterocycles. The lowest BCUT2D eigenvalue weighted by molar-refractivity contribution is 0.250. The summed E-state index contributed by atoms with van der Waals surface area (Å²) in [7, 11) is 3.71. The first-order chi connectivity index (χ1) is 9.17. The van der Waals surface area contributed by atoms with Gasteiger partial charge in [-0.25, -0.2) is 4.79 Å². The molecule has 5 nitrogen and oxygen atoms in total. The van der Waals surface area contributed by atoms with Crippen LogP contribution in [0.25, 0.3) is 0 Å². The highest BCUT2D eigenvalue weighted by Crippen LogP contribution is 2.16. The molecule has 1 atom stereocenters. The second-order valence-corrected chi connectivity index (χ2v) is 4.98. The predicted molar refractivity (Wildman–Crippen MR) is 75.6 cm³/mol. The van der Waals surface area contributed by atoms with Crippen molar-refractivity contribution in [2.75, 3.05) is 39.1 Å². The highest BCUT2D eigenvalue weighted by atomic mass is 16.5. The minimum absolute atomic E-state index is 0.164. The molecule has 1 aliphatic rings. The number of ether oxygens (including phenoxy) is 1. The Bertz CT molecular complexity index is 436. The number of amides is 2. The molecule has 0 saturated carbocycles. The van der Waals surface area contributed by atoms with E-state index in [2.05, 4.69) is 22.6 Å². The van der Waals surface area contributed by atoms with Crippen LogP contribution < -0.4 is 15.4 Å². The van der Waals surface area contributed by atoms with Gasteiger partial charge in [0.15, 0.2) is 0 Å². The Kier molecular flexibility index (Phi) is 4.63. The van der Waals surface area contributed by atoms with E-state index in [1.165, 1.54) is 0 Å². The summed E-state index contributed by atoms with van der Waals surface area (Å²) in [6, 6.07) is 7.16. The number of methoxy groups -OCH3 is 1. The fraction of sp³-hybridized carbons (Fsp3) is 0.500. The summed E-state index contributed by atoms with van der Waals surface area (Å²) < 4.78 is 5.11. The maximum atomic E-state index is 11.8. The predicted octanol–water partition coefficient (Wildman–Crippen LogP) is 1.77. The summed E-state index contributed by atoms with van der Waals surface area (Å²) in [5, 5.41) is 5.72. The van der Waals surface area contributed by atoms with Crippen molar-refractivity contribution in [3.8, 4) is 5.75 Å². The number of carbonyl (C=O) groups is 1. The first-order valence-corrected chi connectivity index (χ1v) is 6.55. The normalized spacial score (nSPS) is 19.2. The number of rotatable bonds is 4. The molecule has 0 bridgehead atoms. The first-order valence-electron chi connectivity index (χ1n) is 6.55. The van der Waals surface area contributed by atoms with Crippen LogP contribution in [0.4, 0.5) is 10.5 Å². The van der Waals surface area contributed by atoms with Crippen molar-refractivity contribution in [3.05, 3.63) is 24.3 Å². The zero-order chi connectivity index (χ0) is 13.7. The Morgan fingerprint density at radius 1 is 1.53 bits per heavy atom. The van der Waals surface area contributed by atoms with Gasteiger partial charge in [0.25, 0.3) is 0 Å². The summed E-state index contributed by atoms with van der Waals surface area (Å²) in [6.45, 7) is 2.89. The third-order valence-corrected chi connectivity index (χ3v) is 3.37. The van der Waals surface area contributed by atoms with Gasteiger partial charge >= 0.3 is 6.03 Å². The molecule has 0 spiro atoms. The number of nitrogens with one attached hydrogen (secondary N) is 2. The number of hydrogen-bond acceptors (Lipinski definition) is 3. The van der Waals surface area contributed by atoms with Gasteiger partial charge in [-0.15, -0.1) is 0 Å². The van der Waals surface area contributed by atoms with Crippen LogP contribution in [0.5, 0.6) is 5.75 Å². The summed E-state index contributed by atoms with van der Waals surface area (Å²) >= 11 is 0. The van der Waals surface area contributed by atoms with E-state index in [-0.39, 0.29) is 6.03 Å². The van der Waals surface area contributed by atoms with Gasteiger partial charge in [0.1, 0.15) is 5.75 Å². The molecule has 19 heavy (non-hydrogen) atoms. The molecule has 0 aromatic heterocycles. The van der Waals surface area contributed by atoms with Crippen molar-refractivity contribution >= 4 is 11.7 Å². The standard InChI is InChI=1S/C14H21N3O2/c1-17-7-6-11(10-17)9-15-14(18)16-12-4-3-5-13(8-12)19-2/h3-5,8,11H,6-7,9-10H2,1-2H3,(H2,15,16,18)/t11-/m0/s1. The second-order valence-electron chi connectivity index (χ2n) is 4.98. The van der Waals surface area contributed by atoms with Gasteiger partial charge in [-0.1, -0.05) is 6.07 Å². The fourth-order valence-corrected chi connectivity index (χ4v) is 2.31. The van der Waals surface area contributed by atoms with E-state index in [4.69, 9.17) is 4.74 Å². The third-order valence-electron chi connectivity index (χ3n) is 3.37. The second kappa shape index (κ2) is 6.43. The van der Waals surface area contributed by atoms with Gasteiger partial charge in [-0.2, -0.15) is 0 Å². The van der Waals surface area contributed by atoms with E-state index in [1.807, 2.05) is 18.2 Å². The molecular weight excluding hydrogens is 242 g/mol. The van der Waals surface area contributed by atoms with Gasteiger partial charge < -0.3 is 20.3 Å². The highest BCUT2D eigenvalue weighted by Gasteiger charge is 2.19. The van der Waals surface area contributed by atoms with Crippen LogP contribution >= 0.6 is 0 Å². The lowest BCUT2D eigenvalue weighted by Crippen LogP contribution is -2.33. The lowest BCUT2D eigenvalue weighted by atomic mass is 10.1. The van der Waals surface area contributed by atoms with Crippen molar-refractivity contribution < 1.29 is 9.53 Å². The molecule has 2 N–H and O–H groups in total. The van der Waals surface area contributed by atoms with E-state index < -0.39 is 0 Å². The third kappa shape index (κ3) is 4.13. The van der Waals surface area contributed by atoms with Crippen LogP contribution in [0, 0.1) is 5.92 Å². The van der Waals surface area contributed by atoms with Crippen molar-refractivity contribution in [3.63, 3.8) is 0 Å². The van der Waals surface area contributed by atoms with Gasteiger partial charge in [0, 0.05) is 24.8 Å². The molecule has 2 amide bonds. The Hall–Kier alpha value is -1.75. The molecular formula is C14H21N3O2. The van der Waals surface area contributed by atoms with E-state index in [0.29, 0.717) is 5.92 Å². The molecule has 0 radical (unpaired) electrons. The van der Waals surface area contributed by atoms with Crippen LogP contribution in [0.15, 0.2) is 24.3 Å². The molecule has 1 fully saturated rings.